The Bertz CT molecular complexity index is 328. The molecule has 0 saturated heterocycles. The van der Waals surface area contributed by atoms with Crippen LogP contribution in [0.4, 0.5) is 4.39 Å². The fraction of sp³-hybridized carbons (Fsp3) is 0.375. The maximum atomic E-state index is 13.2. The molecule has 1 aromatic rings. The smallest absolute Gasteiger partial charge is 0.423 e. The monoisotopic (exact) mass is 181 g/mol. The summed E-state index contributed by atoms with van der Waals surface area (Å²) in [5.74, 6) is -0.446. The van der Waals surface area contributed by atoms with Crippen LogP contribution in [-0.2, 0) is 0 Å². The third-order valence-electron chi connectivity index (χ3n) is 2.24. The number of rotatable bonds is 2. The first-order valence-corrected chi connectivity index (χ1v) is 4.20. The van der Waals surface area contributed by atoms with Gasteiger partial charge in [-0.1, -0.05) is 0 Å². The first-order chi connectivity index (χ1) is 6.20. The molecule has 1 heterocycles. The second-order valence-electron chi connectivity index (χ2n) is 3.25. The third kappa shape index (κ3) is 1.57. The molecule has 1 fully saturated rings. The fourth-order valence-electron chi connectivity index (χ4n) is 1.46. The van der Waals surface area contributed by atoms with Gasteiger partial charge in [-0.25, -0.2) is 4.98 Å². The molecule has 0 unspecified atom stereocenters. The predicted molar refractivity (Wildman–Crippen MR) is 46.0 cm³/mol. The lowest BCUT2D eigenvalue weighted by molar-refractivity contribution is 0.424. The third-order valence-corrected chi connectivity index (χ3v) is 2.24. The Morgan fingerprint density at radius 3 is 2.69 bits per heavy atom. The summed E-state index contributed by atoms with van der Waals surface area (Å²) in [4.78, 5) is 3.49. The lowest BCUT2D eigenvalue weighted by Crippen LogP contribution is -2.34. The summed E-state index contributed by atoms with van der Waals surface area (Å²) < 4.78 is 13.2. The number of nitrogens with zero attached hydrogens (tertiary/aromatic N) is 1. The molecule has 1 aliphatic rings. The van der Waals surface area contributed by atoms with Gasteiger partial charge in [-0.2, -0.15) is 4.39 Å². The van der Waals surface area contributed by atoms with E-state index in [1.165, 1.54) is 12.3 Å². The minimum atomic E-state index is -1.60. The number of hydrogen-bond donors (Lipinski definition) is 2. The quantitative estimate of drug-likeness (QED) is 0.489. The second-order valence-corrected chi connectivity index (χ2v) is 3.25. The molecule has 0 atom stereocenters. The number of hydrogen-bond acceptors (Lipinski definition) is 3. The topological polar surface area (TPSA) is 53.4 Å². The molecule has 0 radical (unpaired) electrons. The van der Waals surface area contributed by atoms with Crippen molar-refractivity contribution in [3.05, 3.63) is 23.8 Å². The molecule has 2 N–H and O–H groups in total. The maximum absolute atomic E-state index is 13.2. The second kappa shape index (κ2) is 3.08. The van der Waals surface area contributed by atoms with E-state index in [0.29, 0.717) is 5.56 Å². The van der Waals surface area contributed by atoms with Crippen LogP contribution >= 0.6 is 0 Å². The van der Waals surface area contributed by atoms with E-state index in [0.717, 1.165) is 12.8 Å². The molecule has 2 rings (SSSR count). The number of halogens is 1. The Labute approximate surface area is 75.4 Å². The van der Waals surface area contributed by atoms with E-state index in [-0.39, 0.29) is 11.4 Å². The average Bonchev–Trinajstić information content (AvgIpc) is 2.86. The molecule has 0 amide bonds. The summed E-state index contributed by atoms with van der Waals surface area (Å²) in [5.41, 5.74) is 0.618. The van der Waals surface area contributed by atoms with Gasteiger partial charge in [-0.3, -0.25) is 0 Å². The van der Waals surface area contributed by atoms with E-state index >= 15 is 0 Å². The molecule has 1 aromatic heterocycles. The zero-order valence-electron chi connectivity index (χ0n) is 6.94. The van der Waals surface area contributed by atoms with E-state index in [9.17, 15) is 4.39 Å². The predicted octanol–water partition coefficient (Wildman–Crippen LogP) is -0.222. The van der Waals surface area contributed by atoms with Crippen LogP contribution in [0.15, 0.2) is 12.3 Å². The van der Waals surface area contributed by atoms with Crippen molar-refractivity contribution in [3.63, 3.8) is 0 Å². The zero-order valence-corrected chi connectivity index (χ0v) is 6.94. The molecular weight excluding hydrogens is 172 g/mol. The molecule has 1 saturated carbocycles. The zero-order chi connectivity index (χ0) is 9.42. The average molecular weight is 181 g/mol. The largest absolute Gasteiger partial charge is 0.488 e. The molecule has 3 nitrogen and oxygen atoms in total. The van der Waals surface area contributed by atoms with E-state index < -0.39 is 13.1 Å². The van der Waals surface area contributed by atoms with Gasteiger partial charge in [0.15, 0.2) is 0 Å². The van der Waals surface area contributed by atoms with Gasteiger partial charge in [0.05, 0.1) is 0 Å². The first kappa shape index (κ1) is 8.65. The first-order valence-electron chi connectivity index (χ1n) is 4.20. The normalized spacial score (nSPS) is 15.9. The van der Waals surface area contributed by atoms with Gasteiger partial charge in [0, 0.05) is 11.8 Å². The summed E-state index contributed by atoms with van der Waals surface area (Å²) in [5, 5.41) is 17.9. The van der Waals surface area contributed by atoms with Crippen LogP contribution in [0.2, 0.25) is 0 Å². The van der Waals surface area contributed by atoms with Crippen molar-refractivity contribution < 1.29 is 14.4 Å². The van der Waals surface area contributed by atoms with Gasteiger partial charge in [-0.05, 0) is 30.3 Å². The van der Waals surface area contributed by atoms with Crippen molar-refractivity contribution in [1.82, 2.24) is 4.98 Å². The highest BCUT2D eigenvalue weighted by atomic mass is 19.1. The SMILES string of the molecule is OB(O)c1ccnc(F)c1C1CC1. The van der Waals surface area contributed by atoms with Crippen LogP contribution in [0.25, 0.3) is 0 Å². The van der Waals surface area contributed by atoms with Crippen molar-refractivity contribution in [2.24, 2.45) is 0 Å². The lowest BCUT2D eigenvalue weighted by atomic mass is 9.76. The Hall–Kier alpha value is -0.935. The molecule has 0 aliphatic heterocycles. The van der Waals surface area contributed by atoms with Gasteiger partial charge in [0.2, 0.25) is 5.95 Å². The fourth-order valence-corrected chi connectivity index (χ4v) is 1.46. The van der Waals surface area contributed by atoms with Crippen LogP contribution in [0.1, 0.15) is 24.3 Å². The van der Waals surface area contributed by atoms with Crippen molar-refractivity contribution in [1.29, 1.82) is 0 Å². The summed E-state index contributed by atoms with van der Waals surface area (Å²) in [6, 6.07) is 1.45. The van der Waals surface area contributed by atoms with Crippen LogP contribution in [-0.4, -0.2) is 22.2 Å². The molecule has 13 heavy (non-hydrogen) atoms. The Balaban J connectivity index is 2.47. The van der Waals surface area contributed by atoms with Crippen LogP contribution < -0.4 is 5.46 Å². The molecule has 0 aromatic carbocycles. The van der Waals surface area contributed by atoms with Crippen LogP contribution in [0.5, 0.6) is 0 Å². The molecule has 68 valence electrons. The van der Waals surface area contributed by atoms with Crippen molar-refractivity contribution >= 4 is 12.6 Å². The molecule has 1 aliphatic carbocycles. The lowest BCUT2D eigenvalue weighted by Gasteiger charge is -2.07. The van der Waals surface area contributed by atoms with Gasteiger partial charge in [-0.15, -0.1) is 0 Å². The molecule has 5 heteroatoms. The number of pyridine rings is 1. The molecule has 0 spiro atoms. The standard InChI is InChI=1S/C8H9BFNO2/c10-8-7(5-1-2-5)6(9(12)13)3-4-11-8/h3-5,12-13H,1-2H2. The number of aromatic nitrogens is 1. The van der Waals surface area contributed by atoms with Gasteiger partial charge >= 0.3 is 7.12 Å². The Morgan fingerprint density at radius 1 is 1.46 bits per heavy atom. The summed E-state index contributed by atoms with van der Waals surface area (Å²) >= 11 is 0. The van der Waals surface area contributed by atoms with Crippen molar-refractivity contribution in [3.8, 4) is 0 Å². The van der Waals surface area contributed by atoms with E-state index in [1.807, 2.05) is 0 Å². The van der Waals surface area contributed by atoms with E-state index in [4.69, 9.17) is 10.0 Å². The van der Waals surface area contributed by atoms with Crippen LogP contribution in [0, 0.1) is 5.95 Å². The van der Waals surface area contributed by atoms with Crippen molar-refractivity contribution in [2.75, 3.05) is 0 Å². The summed E-state index contributed by atoms with van der Waals surface area (Å²) in [6.45, 7) is 0. The highest BCUT2D eigenvalue weighted by molar-refractivity contribution is 6.59. The highest BCUT2D eigenvalue weighted by Gasteiger charge is 2.32. The maximum Gasteiger partial charge on any atom is 0.488 e. The Morgan fingerprint density at radius 2 is 2.15 bits per heavy atom. The summed E-state index contributed by atoms with van der Waals surface area (Å²) in [6.07, 6.45) is 3.06. The van der Waals surface area contributed by atoms with Gasteiger partial charge < -0.3 is 10.0 Å². The van der Waals surface area contributed by atoms with Gasteiger partial charge in [0.25, 0.3) is 0 Å². The molecule has 0 bridgehead atoms. The minimum absolute atomic E-state index is 0.130. The van der Waals surface area contributed by atoms with Crippen molar-refractivity contribution in [2.45, 2.75) is 18.8 Å². The van der Waals surface area contributed by atoms with E-state index in [1.54, 1.807) is 0 Å². The molecular formula is C8H9BFNO2. The minimum Gasteiger partial charge on any atom is -0.423 e. The van der Waals surface area contributed by atoms with E-state index in [2.05, 4.69) is 4.98 Å². The van der Waals surface area contributed by atoms with Gasteiger partial charge in [0.1, 0.15) is 0 Å². The van der Waals surface area contributed by atoms with Crippen LogP contribution in [0.3, 0.4) is 0 Å². The Kier molecular flexibility index (Phi) is 2.05. The summed E-state index contributed by atoms with van der Waals surface area (Å²) in [7, 11) is -1.60. The highest BCUT2D eigenvalue weighted by Crippen LogP contribution is 2.39.